The number of nitrogens with two attached hydrogens (primary N) is 1. The molecule has 0 fully saturated rings. The molecule has 0 saturated carbocycles. The predicted octanol–water partition coefficient (Wildman–Crippen LogP) is 2.70. The van der Waals surface area contributed by atoms with E-state index in [9.17, 15) is 4.79 Å². The van der Waals surface area contributed by atoms with E-state index in [1.807, 2.05) is 31.2 Å². The van der Waals surface area contributed by atoms with Gasteiger partial charge in [0.25, 0.3) is 0 Å². The van der Waals surface area contributed by atoms with Gasteiger partial charge in [-0.25, -0.2) is 0 Å². The highest BCUT2D eigenvalue weighted by atomic mass is 16.1. The Morgan fingerprint density at radius 3 is 2.76 bits per heavy atom. The average molecular weight is 234 g/mol. The summed E-state index contributed by atoms with van der Waals surface area (Å²) in [5, 5.41) is 2.96. The second kappa shape index (κ2) is 7.07. The van der Waals surface area contributed by atoms with Crippen molar-refractivity contribution in [1.82, 2.24) is 0 Å². The summed E-state index contributed by atoms with van der Waals surface area (Å²) < 4.78 is 0. The zero-order valence-corrected chi connectivity index (χ0v) is 10.7. The fraction of sp³-hybridized carbons (Fsp3) is 0.500. The van der Waals surface area contributed by atoms with Crippen molar-refractivity contribution in [3.8, 4) is 0 Å². The predicted molar refractivity (Wildman–Crippen MR) is 71.9 cm³/mol. The fourth-order valence-corrected chi connectivity index (χ4v) is 1.92. The number of anilines is 1. The zero-order chi connectivity index (χ0) is 12.7. The van der Waals surface area contributed by atoms with Crippen molar-refractivity contribution in [3.05, 3.63) is 29.8 Å². The van der Waals surface area contributed by atoms with Crippen LogP contribution in [0.15, 0.2) is 24.3 Å². The first-order valence-electron chi connectivity index (χ1n) is 6.25. The van der Waals surface area contributed by atoms with Crippen LogP contribution >= 0.6 is 0 Å². The molecule has 0 aliphatic heterocycles. The topological polar surface area (TPSA) is 55.1 Å². The first kappa shape index (κ1) is 13.7. The zero-order valence-electron chi connectivity index (χ0n) is 10.7. The van der Waals surface area contributed by atoms with Crippen molar-refractivity contribution in [2.75, 3.05) is 11.9 Å². The maximum atomic E-state index is 12.0. The number of aryl methyl sites for hydroxylation is 1. The van der Waals surface area contributed by atoms with E-state index < -0.39 is 0 Å². The molecule has 3 nitrogen and oxygen atoms in total. The summed E-state index contributed by atoms with van der Waals surface area (Å²) in [4.78, 5) is 12.0. The maximum Gasteiger partial charge on any atom is 0.227 e. The molecular formula is C14H22N2O. The molecule has 3 N–H and O–H groups in total. The van der Waals surface area contributed by atoms with Crippen molar-refractivity contribution in [2.45, 2.75) is 33.1 Å². The second-order valence-electron chi connectivity index (χ2n) is 4.42. The Kier molecular flexibility index (Phi) is 5.70. The van der Waals surface area contributed by atoms with E-state index in [1.165, 1.54) is 0 Å². The molecule has 1 amide bonds. The third-order valence-electron chi connectivity index (χ3n) is 2.81. The first-order valence-corrected chi connectivity index (χ1v) is 6.25. The lowest BCUT2D eigenvalue weighted by Crippen LogP contribution is -2.25. The minimum Gasteiger partial charge on any atom is -0.330 e. The first-order chi connectivity index (χ1) is 8.17. The van der Waals surface area contributed by atoms with E-state index in [-0.39, 0.29) is 11.8 Å². The highest BCUT2D eigenvalue weighted by Gasteiger charge is 2.16. The second-order valence-corrected chi connectivity index (χ2v) is 4.42. The number of hydrogen-bond donors (Lipinski definition) is 2. The lowest BCUT2D eigenvalue weighted by molar-refractivity contribution is -0.120. The Hall–Kier alpha value is -1.35. The standard InChI is InChI=1S/C14H22N2O/c1-3-5-12(8-9-15)14(17)16-13-7-4-6-11(2)10-13/h4,6-7,10,12H,3,5,8-9,15H2,1-2H3,(H,16,17). The summed E-state index contributed by atoms with van der Waals surface area (Å²) in [6.45, 7) is 4.66. The molecule has 3 heteroatoms. The average Bonchev–Trinajstić information content (AvgIpc) is 2.28. The number of hydrogen-bond acceptors (Lipinski definition) is 2. The van der Waals surface area contributed by atoms with Gasteiger partial charge in [-0.3, -0.25) is 4.79 Å². The van der Waals surface area contributed by atoms with E-state index in [4.69, 9.17) is 5.73 Å². The van der Waals surface area contributed by atoms with Gasteiger partial charge in [0.15, 0.2) is 0 Å². The molecule has 0 saturated heterocycles. The van der Waals surface area contributed by atoms with Crippen LogP contribution in [0.2, 0.25) is 0 Å². The fourth-order valence-electron chi connectivity index (χ4n) is 1.92. The SMILES string of the molecule is CCCC(CCN)C(=O)Nc1cccc(C)c1. The van der Waals surface area contributed by atoms with Crippen LogP contribution in [-0.4, -0.2) is 12.5 Å². The molecule has 94 valence electrons. The largest absolute Gasteiger partial charge is 0.330 e. The van der Waals surface area contributed by atoms with Gasteiger partial charge in [-0.05, 0) is 44.0 Å². The highest BCUT2D eigenvalue weighted by Crippen LogP contribution is 2.15. The van der Waals surface area contributed by atoms with E-state index in [0.717, 1.165) is 30.5 Å². The van der Waals surface area contributed by atoms with E-state index in [1.54, 1.807) is 0 Å². The van der Waals surface area contributed by atoms with Crippen LogP contribution in [0.25, 0.3) is 0 Å². The van der Waals surface area contributed by atoms with Gasteiger partial charge in [0.05, 0.1) is 0 Å². The number of benzene rings is 1. The molecule has 0 spiro atoms. The Balaban J connectivity index is 2.62. The number of rotatable bonds is 6. The van der Waals surface area contributed by atoms with Crippen LogP contribution < -0.4 is 11.1 Å². The van der Waals surface area contributed by atoms with E-state index in [0.29, 0.717) is 6.54 Å². The molecule has 1 aromatic carbocycles. The van der Waals surface area contributed by atoms with Gasteiger partial charge in [0.1, 0.15) is 0 Å². The molecule has 0 aliphatic rings. The van der Waals surface area contributed by atoms with Crippen LogP contribution in [0.5, 0.6) is 0 Å². The minimum absolute atomic E-state index is 0.0329. The Bertz CT molecular complexity index is 357. The van der Waals surface area contributed by atoms with Gasteiger partial charge in [0.2, 0.25) is 5.91 Å². The Morgan fingerprint density at radius 2 is 2.18 bits per heavy atom. The number of carbonyl (C=O) groups excluding carboxylic acids is 1. The molecule has 1 rings (SSSR count). The molecule has 0 radical (unpaired) electrons. The van der Waals surface area contributed by atoms with E-state index >= 15 is 0 Å². The normalized spacial score (nSPS) is 12.2. The molecule has 0 aliphatic carbocycles. The van der Waals surface area contributed by atoms with Crippen LogP contribution in [-0.2, 0) is 4.79 Å². The van der Waals surface area contributed by atoms with Crippen LogP contribution in [0.4, 0.5) is 5.69 Å². The quantitative estimate of drug-likeness (QED) is 0.795. The van der Waals surface area contributed by atoms with Gasteiger partial charge < -0.3 is 11.1 Å². The molecule has 1 unspecified atom stereocenters. The molecule has 17 heavy (non-hydrogen) atoms. The molecule has 0 heterocycles. The minimum atomic E-state index is 0.0329. The third kappa shape index (κ3) is 4.57. The number of carbonyl (C=O) groups is 1. The maximum absolute atomic E-state index is 12.0. The molecule has 1 aromatic rings. The lowest BCUT2D eigenvalue weighted by Gasteiger charge is -2.15. The van der Waals surface area contributed by atoms with Crippen molar-refractivity contribution in [3.63, 3.8) is 0 Å². The summed E-state index contributed by atoms with van der Waals surface area (Å²) in [5.74, 6) is 0.119. The number of amides is 1. The lowest BCUT2D eigenvalue weighted by atomic mass is 9.99. The summed E-state index contributed by atoms with van der Waals surface area (Å²) in [6.07, 6.45) is 2.66. The van der Waals surface area contributed by atoms with Crippen molar-refractivity contribution < 1.29 is 4.79 Å². The van der Waals surface area contributed by atoms with Gasteiger partial charge in [-0.2, -0.15) is 0 Å². The van der Waals surface area contributed by atoms with Crippen molar-refractivity contribution >= 4 is 11.6 Å². The smallest absolute Gasteiger partial charge is 0.227 e. The summed E-state index contributed by atoms with van der Waals surface area (Å²) >= 11 is 0. The van der Waals surface area contributed by atoms with Crippen molar-refractivity contribution in [1.29, 1.82) is 0 Å². The van der Waals surface area contributed by atoms with Crippen LogP contribution in [0.1, 0.15) is 31.7 Å². The summed E-state index contributed by atoms with van der Waals surface area (Å²) in [7, 11) is 0. The van der Waals surface area contributed by atoms with Crippen molar-refractivity contribution in [2.24, 2.45) is 11.7 Å². The van der Waals surface area contributed by atoms with Gasteiger partial charge >= 0.3 is 0 Å². The molecule has 1 atom stereocenters. The highest BCUT2D eigenvalue weighted by molar-refractivity contribution is 5.92. The van der Waals surface area contributed by atoms with E-state index in [2.05, 4.69) is 12.2 Å². The number of nitrogens with one attached hydrogen (secondary N) is 1. The molecule has 0 aromatic heterocycles. The van der Waals surface area contributed by atoms with Crippen LogP contribution in [0.3, 0.4) is 0 Å². The molecular weight excluding hydrogens is 212 g/mol. The van der Waals surface area contributed by atoms with Gasteiger partial charge in [-0.1, -0.05) is 25.5 Å². The molecule has 0 bridgehead atoms. The monoisotopic (exact) mass is 234 g/mol. The van der Waals surface area contributed by atoms with Crippen LogP contribution in [0, 0.1) is 12.8 Å². The third-order valence-corrected chi connectivity index (χ3v) is 2.81. The Morgan fingerprint density at radius 1 is 1.41 bits per heavy atom. The summed E-state index contributed by atoms with van der Waals surface area (Å²) in [5.41, 5.74) is 7.55. The van der Waals surface area contributed by atoms with Gasteiger partial charge in [0, 0.05) is 11.6 Å². The van der Waals surface area contributed by atoms with Gasteiger partial charge in [-0.15, -0.1) is 0 Å². The summed E-state index contributed by atoms with van der Waals surface area (Å²) in [6, 6.07) is 7.85. The Labute approximate surface area is 103 Å².